The summed E-state index contributed by atoms with van der Waals surface area (Å²) in [7, 11) is 0. The minimum atomic E-state index is 0.146. The zero-order valence-electron chi connectivity index (χ0n) is 8.46. The SMILES string of the molecule is CCCC(C)c1cccc(CO)c1. The van der Waals surface area contributed by atoms with Crippen LogP contribution >= 0.6 is 0 Å². The van der Waals surface area contributed by atoms with Crippen LogP contribution in [0.3, 0.4) is 0 Å². The first-order valence-electron chi connectivity index (χ1n) is 4.97. The average molecular weight is 178 g/mol. The molecule has 1 rings (SSSR count). The summed E-state index contributed by atoms with van der Waals surface area (Å²) in [6.45, 7) is 4.58. The molecule has 1 unspecified atom stereocenters. The van der Waals surface area contributed by atoms with Crippen LogP contribution < -0.4 is 0 Å². The highest BCUT2D eigenvalue weighted by atomic mass is 16.3. The van der Waals surface area contributed by atoms with Crippen molar-refractivity contribution in [3.63, 3.8) is 0 Å². The molecule has 0 fully saturated rings. The van der Waals surface area contributed by atoms with Crippen LogP contribution in [-0.4, -0.2) is 5.11 Å². The summed E-state index contributed by atoms with van der Waals surface area (Å²) in [5.74, 6) is 0.608. The van der Waals surface area contributed by atoms with Crippen molar-refractivity contribution in [3.05, 3.63) is 35.4 Å². The Kier molecular flexibility index (Phi) is 3.97. The van der Waals surface area contributed by atoms with Gasteiger partial charge in [0.2, 0.25) is 0 Å². The zero-order chi connectivity index (χ0) is 9.68. The standard InChI is InChI=1S/C12H18O/c1-3-5-10(2)12-7-4-6-11(8-12)9-13/h4,6-8,10,13H,3,5,9H2,1-2H3. The summed E-state index contributed by atoms with van der Waals surface area (Å²) in [5.41, 5.74) is 2.36. The molecule has 0 saturated carbocycles. The van der Waals surface area contributed by atoms with Crippen LogP contribution in [0, 0.1) is 0 Å². The number of aliphatic hydroxyl groups excluding tert-OH is 1. The summed E-state index contributed by atoms with van der Waals surface area (Å²) in [4.78, 5) is 0. The van der Waals surface area contributed by atoms with Crippen molar-refractivity contribution in [1.29, 1.82) is 0 Å². The van der Waals surface area contributed by atoms with Gasteiger partial charge in [-0.2, -0.15) is 0 Å². The van der Waals surface area contributed by atoms with E-state index in [1.807, 2.05) is 12.1 Å². The Morgan fingerprint density at radius 2 is 2.15 bits per heavy atom. The Labute approximate surface area is 80.4 Å². The molecular weight excluding hydrogens is 160 g/mol. The summed E-state index contributed by atoms with van der Waals surface area (Å²) in [6.07, 6.45) is 2.43. The molecule has 72 valence electrons. The Morgan fingerprint density at radius 1 is 1.38 bits per heavy atom. The minimum Gasteiger partial charge on any atom is -0.392 e. The van der Waals surface area contributed by atoms with E-state index in [0.29, 0.717) is 5.92 Å². The molecule has 0 saturated heterocycles. The summed E-state index contributed by atoms with van der Waals surface area (Å²) >= 11 is 0. The van der Waals surface area contributed by atoms with Gasteiger partial charge in [-0.15, -0.1) is 0 Å². The van der Waals surface area contributed by atoms with Gasteiger partial charge in [-0.25, -0.2) is 0 Å². The van der Waals surface area contributed by atoms with Gasteiger partial charge in [0.1, 0.15) is 0 Å². The number of hydrogen-bond donors (Lipinski definition) is 1. The van der Waals surface area contributed by atoms with E-state index in [2.05, 4.69) is 26.0 Å². The van der Waals surface area contributed by atoms with Gasteiger partial charge >= 0.3 is 0 Å². The molecule has 1 aromatic rings. The molecule has 0 aromatic heterocycles. The maximum atomic E-state index is 8.97. The Hall–Kier alpha value is -0.820. The van der Waals surface area contributed by atoms with E-state index in [0.717, 1.165) is 5.56 Å². The molecule has 1 atom stereocenters. The lowest BCUT2D eigenvalue weighted by Crippen LogP contribution is -1.94. The lowest BCUT2D eigenvalue weighted by atomic mass is 9.95. The van der Waals surface area contributed by atoms with Crippen LogP contribution in [0.25, 0.3) is 0 Å². The molecule has 1 nitrogen and oxygen atoms in total. The number of aliphatic hydroxyl groups is 1. The molecule has 1 aromatic carbocycles. The third kappa shape index (κ3) is 2.85. The normalized spacial score (nSPS) is 12.8. The van der Waals surface area contributed by atoms with Crippen molar-refractivity contribution in [2.24, 2.45) is 0 Å². The smallest absolute Gasteiger partial charge is 0.0681 e. The Morgan fingerprint density at radius 3 is 2.77 bits per heavy atom. The molecular formula is C12H18O. The highest BCUT2D eigenvalue weighted by molar-refractivity contribution is 5.25. The zero-order valence-corrected chi connectivity index (χ0v) is 8.46. The highest BCUT2D eigenvalue weighted by Crippen LogP contribution is 2.21. The Balaban J connectivity index is 2.75. The predicted molar refractivity (Wildman–Crippen MR) is 55.7 cm³/mol. The van der Waals surface area contributed by atoms with Crippen molar-refractivity contribution >= 4 is 0 Å². The van der Waals surface area contributed by atoms with E-state index in [1.54, 1.807) is 0 Å². The fraction of sp³-hybridized carbons (Fsp3) is 0.500. The van der Waals surface area contributed by atoms with Crippen LogP contribution in [0.5, 0.6) is 0 Å². The molecule has 1 heteroatoms. The quantitative estimate of drug-likeness (QED) is 0.751. The molecule has 0 aliphatic carbocycles. The van der Waals surface area contributed by atoms with E-state index in [1.165, 1.54) is 18.4 Å². The van der Waals surface area contributed by atoms with Crippen molar-refractivity contribution in [3.8, 4) is 0 Å². The van der Waals surface area contributed by atoms with Crippen LogP contribution in [0.2, 0.25) is 0 Å². The monoisotopic (exact) mass is 178 g/mol. The maximum Gasteiger partial charge on any atom is 0.0681 e. The van der Waals surface area contributed by atoms with Gasteiger partial charge in [0, 0.05) is 0 Å². The largest absolute Gasteiger partial charge is 0.392 e. The number of rotatable bonds is 4. The van der Waals surface area contributed by atoms with E-state index in [-0.39, 0.29) is 6.61 Å². The lowest BCUT2D eigenvalue weighted by molar-refractivity contribution is 0.281. The van der Waals surface area contributed by atoms with Crippen LogP contribution in [0.1, 0.15) is 43.7 Å². The predicted octanol–water partition coefficient (Wildman–Crippen LogP) is 3.08. The van der Waals surface area contributed by atoms with Crippen molar-refractivity contribution < 1.29 is 5.11 Å². The van der Waals surface area contributed by atoms with Crippen molar-refractivity contribution in [2.45, 2.75) is 39.2 Å². The molecule has 0 aliphatic heterocycles. The van der Waals surface area contributed by atoms with Gasteiger partial charge < -0.3 is 5.11 Å². The summed E-state index contributed by atoms with van der Waals surface area (Å²) in [5, 5.41) is 8.97. The maximum absolute atomic E-state index is 8.97. The molecule has 0 spiro atoms. The van der Waals surface area contributed by atoms with Crippen molar-refractivity contribution in [1.82, 2.24) is 0 Å². The highest BCUT2D eigenvalue weighted by Gasteiger charge is 2.03. The van der Waals surface area contributed by atoms with Gasteiger partial charge in [-0.1, -0.05) is 44.5 Å². The second-order valence-electron chi connectivity index (χ2n) is 3.59. The van der Waals surface area contributed by atoms with Crippen LogP contribution in [0.15, 0.2) is 24.3 Å². The van der Waals surface area contributed by atoms with Crippen molar-refractivity contribution in [2.75, 3.05) is 0 Å². The third-order valence-corrected chi connectivity index (χ3v) is 2.42. The van der Waals surface area contributed by atoms with Gasteiger partial charge in [0.15, 0.2) is 0 Å². The third-order valence-electron chi connectivity index (χ3n) is 2.42. The minimum absolute atomic E-state index is 0.146. The topological polar surface area (TPSA) is 20.2 Å². The molecule has 0 bridgehead atoms. The second-order valence-corrected chi connectivity index (χ2v) is 3.59. The number of benzene rings is 1. The fourth-order valence-corrected chi connectivity index (χ4v) is 1.60. The fourth-order valence-electron chi connectivity index (χ4n) is 1.60. The van der Waals surface area contributed by atoms with Crippen LogP contribution in [-0.2, 0) is 6.61 Å². The number of hydrogen-bond acceptors (Lipinski definition) is 1. The van der Waals surface area contributed by atoms with E-state index in [4.69, 9.17) is 5.11 Å². The van der Waals surface area contributed by atoms with Gasteiger partial charge in [-0.3, -0.25) is 0 Å². The van der Waals surface area contributed by atoms with E-state index >= 15 is 0 Å². The first-order valence-corrected chi connectivity index (χ1v) is 4.97. The Bertz CT molecular complexity index is 255. The van der Waals surface area contributed by atoms with E-state index < -0.39 is 0 Å². The molecule has 0 aliphatic rings. The molecule has 0 amide bonds. The molecule has 0 heterocycles. The average Bonchev–Trinajstić information content (AvgIpc) is 2.18. The first-order chi connectivity index (χ1) is 6.27. The first kappa shape index (κ1) is 10.3. The molecule has 0 radical (unpaired) electrons. The summed E-state index contributed by atoms with van der Waals surface area (Å²) < 4.78 is 0. The van der Waals surface area contributed by atoms with Crippen LogP contribution in [0.4, 0.5) is 0 Å². The summed E-state index contributed by atoms with van der Waals surface area (Å²) in [6, 6.07) is 8.22. The lowest BCUT2D eigenvalue weighted by Gasteiger charge is -2.11. The molecule has 13 heavy (non-hydrogen) atoms. The van der Waals surface area contributed by atoms with Gasteiger partial charge in [0.25, 0.3) is 0 Å². The molecule has 1 N–H and O–H groups in total. The second kappa shape index (κ2) is 5.03. The van der Waals surface area contributed by atoms with Gasteiger partial charge in [0.05, 0.1) is 6.61 Å². The van der Waals surface area contributed by atoms with E-state index in [9.17, 15) is 0 Å². The van der Waals surface area contributed by atoms with Gasteiger partial charge in [-0.05, 0) is 23.5 Å².